The maximum absolute atomic E-state index is 12.7. The normalized spacial score (nSPS) is 24.7. The van der Waals surface area contributed by atoms with Gasteiger partial charge in [-0.1, -0.05) is 83.3 Å². The highest BCUT2D eigenvalue weighted by Gasteiger charge is 2.44. The molecule has 1 saturated heterocycles. The van der Waals surface area contributed by atoms with E-state index in [1.165, 1.54) is 64.0 Å². The Balaban J connectivity index is 1.82. The van der Waals surface area contributed by atoms with Gasteiger partial charge < -0.3 is 40.3 Å². The molecule has 228 valence electrons. The van der Waals surface area contributed by atoms with Crippen LogP contribution in [-0.2, 0) is 9.47 Å². The first-order chi connectivity index (χ1) is 19.4. The van der Waals surface area contributed by atoms with Gasteiger partial charge in [0.05, 0.1) is 30.9 Å². The number of ether oxygens (including phenoxy) is 2. The van der Waals surface area contributed by atoms with Crippen LogP contribution in [-0.4, -0.2) is 92.5 Å². The summed E-state index contributed by atoms with van der Waals surface area (Å²) in [5.41, 5.74) is 0.303. The maximum Gasteiger partial charge on any atom is 0.253 e. The van der Waals surface area contributed by atoms with Gasteiger partial charge in [0.25, 0.3) is 5.91 Å². The number of rotatable bonds is 20. The molecule has 40 heavy (non-hydrogen) atoms. The van der Waals surface area contributed by atoms with Gasteiger partial charge in [0.1, 0.15) is 24.4 Å². The number of pyridine rings is 1. The highest BCUT2D eigenvalue weighted by Crippen LogP contribution is 2.22. The summed E-state index contributed by atoms with van der Waals surface area (Å²) in [6, 6.07) is 2.30. The molecule has 0 bridgehead atoms. The molecule has 1 aliphatic rings. The van der Waals surface area contributed by atoms with Crippen molar-refractivity contribution in [3.05, 3.63) is 42.2 Å². The second kappa shape index (κ2) is 20.0. The molecule has 2 rings (SSSR count). The van der Waals surface area contributed by atoms with Crippen LogP contribution in [0.1, 0.15) is 94.3 Å². The summed E-state index contributed by atoms with van der Waals surface area (Å²) >= 11 is 0. The number of aliphatic hydroxyl groups is 5. The highest BCUT2D eigenvalue weighted by molar-refractivity contribution is 5.94. The fourth-order valence-corrected chi connectivity index (χ4v) is 4.67. The van der Waals surface area contributed by atoms with E-state index in [0.717, 1.165) is 19.3 Å². The van der Waals surface area contributed by atoms with Crippen LogP contribution in [0.4, 0.5) is 0 Å². The van der Waals surface area contributed by atoms with Crippen LogP contribution in [0.15, 0.2) is 36.7 Å². The van der Waals surface area contributed by atoms with Gasteiger partial charge >= 0.3 is 0 Å². The van der Waals surface area contributed by atoms with Gasteiger partial charge in [-0.25, -0.2) is 0 Å². The SMILES string of the molecule is CCCCCCCCCCCCC/C=C\C(O)C(COC1OC(CO)C(O)C(O)C1O)NC(=O)c1cccnc1. The number of aromatic nitrogens is 1. The number of hydrogen-bond donors (Lipinski definition) is 6. The molecule has 1 fully saturated rings. The van der Waals surface area contributed by atoms with E-state index in [2.05, 4.69) is 17.2 Å². The monoisotopic (exact) mass is 566 g/mol. The summed E-state index contributed by atoms with van der Waals surface area (Å²) in [5, 5.41) is 53.2. The van der Waals surface area contributed by atoms with Gasteiger partial charge in [-0.15, -0.1) is 0 Å². The zero-order valence-corrected chi connectivity index (χ0v) is 23.8. The van der Waals surface area contributed by atoms with Crippen molar-refractivity contribution in [1.29, 1.82) is 0 Å². The number of aliphatic hydroxyl groups excluding tert-OH is 5. The minimum Gasteiger partial charge on any atom is -0.394 e. The third-order valence-corrected chi connectivity index (χ3v) is 7.25. The molecule has 0 spiro atoms. The van der Waals surface area contributed by atoms with E-state index in [9.17, 15) is 30.3 Å². The molecule has 6 N–H and O–H groups in total. The van der Waals surface area contributed by atoms with Crippen molar-refractivity contribution < 1.29 is 39.8 Å². The predicted octanol–water partition coefficient (Wildman–Crippen LogP) is 2.61. The molecule has 10 heteroatoms. The molecule has 1 aliphatic heterocycles. The Morgan fingerprint density at radius 2 is 1.68 bits per heavy atom. The van der Waals surface area contributed by atoms with E-state index in [0.29, 0.717) is 5.56 Å². The van der Waals surface area contributed by atoms with Crippen molar-refractivity contribution in [1.82, 2.24) is 10.3 Å². The Labute approximate surface area is 238 Å². The molecule has 1 amide bonds. The average Bonchev–Trinajstić information content (AvgIpc) is 2.97. The molecule has 1 aromatic heterocycles. The van der Waals surface area contributed by atoms with E-state index in [1.807, 2.05) is 6.08 Å². The van der Waals surface area contributed by atoms with Gasteiger partial charge in [0.15, 0.2) is 6.29 Å². The second-order valence-corrected chi connectivity index (χ2v) is 10.6. The number of hydrogen-bond acceptors (Lipinski definition) is 9. The average molecular weight is 567 g/mol. The molecule has 7 atom stereocenters. The lowest BCUT2D eigenvalue weighted by atomic mass is 9.99. The van der Waals surface area contributed by atoms with Gasteiger partial charge in [-0.2, -0.15) is 0 Å². The summed E-state index contributed by atoms with van der Waals surface area (Å²) in [6.07, 6.45) is 12.8. The number of nitrogens with zero attached hydrogens (tertiary/aromatic N) is 1. The number of carbonyl (C=O) groups excluding carboxylic acids is 1. The number of nitrogens with one attached hydrogen (secondary N) is 1. The Morgan fingerprint density at radius 1 is 1.02 bits per heavy atom. The Hall–Kier alpha value is -1.92. The smallest absolute Gasteiger partial charge is 0.253 e. The van der Waals surface area contributed by atoms with Crippen LogP contribution in [0, 0.1) is 0 Å². The van der Waals surface area contributed by atoms with E-state index >= 15 is 0 Å². The van der Waals surface area contributed by atoms with Crippen molar-refractivity contribution in [2.24, 2.45) is 0 Å². The molecule has 0 saturated carbocycles. The van der Waals surface area contributed by atoms with Crippen LogP contribution in [0.5, 0.6) is 0 Å². The summed E-state index contributed by atoms with van der Waals surface area (Å²) in [4.78, 5) is 16.7. The fourth-order valence-electron chi connectivity index (χ4n) is 4.67. The van der Waals surface area contributed by atoms with E-state index < -0.39 is 55.4 Å². The standard InChI is InChI=1S/C30H50N2O8/c1-2-3-4-5-6-7-8-9-10-11-12-13-14-17-24(34)23(32-29(38)22-16-15-18-31-19-22)21-39-30-28(37)27(36)26(35)25(20-33)40-30/h14-19,23-28,30,33-37H,2-13,20-21H2,1H3,(H,32,38)/b17-14-. The van der Waals surface area contributed by atoms with Crippen molar-refractivity contribution >= 4 is 5.91 Å². The van der Waals surface area contributed by atoms with Crippen LogP contribution in [0.25, 0.3) is 0 Å². The lowest BCUT2D eigenvalue weighted by Crippen LogP contribution is -2.60. The van der Waals surface area contributed by atoms with Crippen molar-refractivity contribution in [3.8, 4) is 0 Å². The third-order valence-electron chi connectivity index (χ3n) is 7.25. The second-order valence-electron chi connectivity index (χ2n) is 10.6. The quantitative estimate of drug-likeness (QED) is 0.103. The third kappa shape index (κ3) is 12.3. The topological polar surface area (TPSA) is 162 Å². The summed E-state index contributed by atoms with van der Waals surface area (Å²) in [7, 11) is 0. The summed E-state index contributed by atoms with van der Waals surface area (Å²) in [6.45, 7) is 1.38. The molecular weight excluding hydrogens is 516 g/mol. The Kier molecular flexibility index (Phi) is 17.2. The van der Waals surface area contributed by atoms with Crippen molar-refractivity contribution in [2.75, 3.05) is 13.2 Å². The zero-order chi connectivity index (χ0) is 29.2. The number of carbonyl (C=O) groups is 1. The van der Waals surface area contributed by atoms with Gasteiger partial charge in [0, 0.05) is 12.4 Å². The number of allylic oxidation sites excluding steroid dienone is 1. The molecule has 0 aromatic carbocycles. The van der Waals surface area contributed by atoms with Crippen molar-refractivity contribution in [2.45, 2.75) is 127 Å². The van der Waals surface area contributed by atoms with Gasteiger partial charge in [-0.3, -0.25) is 9.78 Å². The zero-order valence-electron chi connectivity index (χ0n) is 23.8. The molecular formula is C30H50N2O8. The lowest BCUT2D eigenvalue weighted by molar-refractivity contribution is -0.302. The molecule has 7 unspecified atom stereocenters. The minimum absolute atomic E-state index is 0.265. The van der Waals surface area contributed by atoms with Crippen LogP contribution in [0.3, 0.4) is 0 Å². The van der Waals surface area contributed by atoms with Gasteiger partial charge in [0.2, 0.25) is 0 Å². The van der Waals surface area contributed by atoms with E-state index in [1.54, 1.807) is 24.4 Å². The number of amides is 1. The van der Waals surface area contributed by atoms with Crippen LogP contribution in [0.2, 0.25) is 0 Å². The molecule has 1 aromatic rings. The summed E-state index contributed by atoms with van der Waals surface area (Å²) < 4.78 is 11.0. The molecule has 10 nitrogen and oxygen atoms in total. The highest BCUT2D eigenvalue weighted by atomic mass is 16.7. The number of unbranched alkanes of at least 4 members (excludes halogenated alkanes) is 11. The van der Waals surface area contributed by atoms with Crippen LogP contribution >= 0.6 is 0 Å². The molecule has 0 radical (unpaired) electrons. The van der Waals surface area contributed by atoms with E-state index in [-0.39, 0.29) is 6.61 Å². The lowest BCUT2D eigenvalue weighted by Gasteiger charge is -2.40. The Morgan fingerprint density at radius 3 is 2.27 bits per heavy atom. The summed E-state index contributed by atoms with van der Waals surface area (Å²) in [5.74, 6) is -0.465. The first-order valence-electron chi connectivity index (χ1n) is 14.9. The molecule has 0 aliphatic carbocycles. The largest absolute Gasteiger partial charge is 0.394 e. The molecule has 2 heterocycles. The minimum atomic E-state index is -1.59. The van der Waals surface area contributed by atoms with Crippen molar-refractivity contribution in [3.63, 3.8) is 0 Å². The maximum atomic E-state index is 12.7. The first kappa shape index (κ1) is 34.3. The van der Waals surface area contributed by atoms with Gasteiger partial charge in [-0.05, 0) is 25.0 Å². The fraction of sp³-hybridized carbons (Fsp3) is 0.733. The predicted molar refractivity (Wildman–Crippen MR) is 151 cm³/mol. The Bertz CT molecular complexity index is 825. The van der Waals surface area contributed by atoms with E-state index in [4.69, 9.17) is 9.47 Å². The van der Waals surface area contributed by atoms with Crippen LogP contribution < -0.4 is 5.32 Å². The first-order valence-corrected chi connectivity index (χ1v) is 14.9.